The monoisotopic (exact) mass is 338 g/mol. The molecule has 1 unspecified atom stereocenters. The minimum absolute atomic E-state index is 0.104. The summed E-state index contributed by atoms with van der Waals surface area (Å²) in [7, 11) is 0. The topological polar surface area (TPSA) is 64.3 Å². The first-order valence-corrected chi connectivity index (χ1v) is 6.89. The molecule has 1 aromatic rings. The summed E-state index contributed by atoms with van der Waals surface area (Å²) in [5.41, 5.74) is 4.17. The highest BCUT2D eigenvalue weighted by Gasteiger charge is 2.75. The molecule has 0 bridgehead atoms. The summed E-state index contributed by atoms with van der Waals surface area (Å²) in [5.74, 6) is -3.55. The summed E-state index contributed by atoms with van der Waals surface area (Å²) in [6.45, 7) is 2.76. The fourth-order valence-electron chi connectivity index (χ4n) is 2.15. The zero-order valence-corrected chi connectivity index (χ0v) is 12.9. The van der Waals surface area contributed by atoms with Crippen molar-refractivity contribution in [3.8, 4) is 5.75 Å². The van der Waals surface area contributed by atoms with E-state index in [1.165, 1.54) is 26.0 Å². The van der Waals surface area contributed by atoms with Crippen LogP contribution in [0.15, 0.2) is 12.1 Å². The Balaban J connectivity index is 2.10. The number of primary amides is 1. The van der Waals surface area contributed by atoms with Gasteiger partial charge in [0.2, 0.25) is 0 Å². The molecule has 0 saturated heterocycles. The number of alkyl halides is 2. The molecular weight excluding hydrogens is 325 g/mol. The quantitative estimate of drug-likeness (QED) is 0.865. The molecule has 1 aromatic carbocycles. The molecule has 2 rings (SSSR count). The Bertz CT molecular complexity index is 557. The van der Waals surface area contributed by atoms with Crippen LogP contribution >= 0.6 is 23.2 Å². The Kier molecular flexibility index (Phi) is 3.97. The molecule has 0 radical (unpaired) electrons. The minimum Gasteiger partial charge on any atom is -0.490 e. The number of nitrogens with one attached hydrogen (secondary N) is 1. The summed E-state index contributed by atoms with van der Waals surface area (Å²) in [4.78, 5) is 10.8. The van der Waals surface area contributed by atoms with E-state index in [9.17, 15) is 13.6 Å². The number of nitrogens with two attached hydrogens (primary N) is 1. The second-order valence-corrected chi connectivity index (χ2v) is 6.28. The number of amides is 2. The van der Waals surface area contributed by atoms with Crippen molar-refractivity contribution in [2.24, 2.45) is 17.1 Å². The van der Waals surface area contributed by atoms with Gasteiger partial charge in [0.1, 0.15) is 0 Å². The van der Waals surface area contributed by atoms with Crippen molar-refractivity contribution < 1.29 is 18.3 Å². The maximum absolute atomic E-state index is 13.5. The molecule has 2 amide bonds. The number of rotatable bonds is 4. The predicted octanol–water partition coefficient (Wildman–Crippen LogP) is 4.15. The minimum atomic E-state index is -2.76. The van der Waals surface area contributed by atoms with E-state index in [4.69, 9.17) is 33.7 Å². The van der Waals surface area contributed by atoms with Gasteiger partial charge in [-0.15, -0.1) is 0 Å². The Labute approximate surface area is 130 Å². The molecule has 3 N–H and O–H groups in total. The summed E-state index contributed by atoms with van der Waals surface area (Å²) in [6.07, 6.45) is 0. The molecule has 1 aliphatic rings. The highest BCUT2D eigenvalue weighted by atomic mass is 35.5. The van der Waals surface area contributed by atoms with Crippen LogP contribution in [-0.4, -0.2) is 18.6 Å². The molecule has 0 aliphatic heterocycles. The first-order valence-electron chi connectivity index (χ1n) is 6.13. The van der Waals surface area contributed by atoms with Crippen LogP contribution in [0.2, 0.25) is 10.0 Å². The van der Waals surface area contributed by atoms with Crippen LogP contribution < -0.4 is 15.8 Å². The number of ether oxygens (including phenoxy) is 1. The van der Waals surface area contributed by atoms with Crippen LogP contribution in [-0.2, 0) is 0 Å². The highest BCUT2D eigenvalue weighted by Crippen LogP contribution is 2.65. The van der Waals surface area contributed by atoms with Gasteiger partial charge >= 0.3 is 6.03 Å². The van der Waals surface area contributed by atoms with Crippen LogP contribution in [0.5, 0.6) is 5.75 Å². The van der Waals surface area contributed by atoms with Gasteiger partial charge in [0, 0.05) is 11.1 Å². The second kappa shape index (κ2) is 5.18. The van der Waals surface area contributed by atoms with Gasteiger partial charge < -0.3 is 15.8 Å². The van der Waals surface area contributed by atoms with E-state index >= 15 is 0 Å². The van der Waals surface area contributed by atoms with Crippen molar-refractivity contribution in [1.82, 2.24) is 0 Å². The number of benzene rings is 1. The van der Waals surface area contributed by atoms with E-state index in [2.05, 4.69) is 5.32 Å². The number of halogens is 4. The summed E-state index contributed by atoms with van der Waals surface area (Å²) < 4.78 is 32.3. The SMILES string of the molecule is CC1(C)C(COc2c(Cl)cc(NC(N)=O)cc2Cl)C1(F)F. The molecule has 1 fully saturated rings. The van der Waals surface area contributed by atoms with Crippen molar-refractivity contribution in [3.63, 3.8) is 0 Å². The molecule has 0 heterocycles. The standard InChI is InChI=1S/C13H14Cl2F2N2O2/c1-12(2)9(13(12,16)17)5-21-10-7(14)3-6(4-8(10)15)19-11(18)20/h3-4,9H,5H2,1-2H3,(H3,18,19,20). The van der Waals surface area contributed by atoms with Gasteiger partial charge in [-0.2, -0.15) is 0 Å². The molecule has 1 atom stereocenters. The molecule has 0 aromatic heterocycles. The lowest BCUT2D eigenvalue weighted by Gasteiger charge is -2.12. The van der Waals surface area contributed by atoms with Gasteiger partial charge in [-0.1, -0.05) is 37.0 Å². The average molecular weight is 339 g/mol. The largest absolute Gasteiger partial charge is 0.490 e. The van der Waals surface area contributed by atoms with Gasteiger partial charge in [-0.25, -0.2) is 13.6 Å². The lowest BCUT2D eigenvalue weighted by molar-refractivity contribution is 0.0608. The van der Waals surface area contributed by atoms with Gasteiger partial charge in [-0.3, -0.25) is 0 Å². The molecule has 21 heavy (non-hydrogen) atoms. The Morgan fingerprint density at radius 3 is 2.24 bits per heavy atom. The van der Waals surface area contributed by atoms with Gasteiger partial charge in [-0.05, 0) is 12.1 Å². The van der Waals surface area contributed by atoms with Gasteiger partial charge in [0.15, 0.2) is 5.75 Å². The third-order valence-electron chi connectivity index (χ3n) is 3.74. The number of carbonyl (C=O) groups excluding carboxylic acids is 1. The summed E-state index contributed by atoms with van der Waals surface area (Å²) >= 11 is 12.0. The Morgan fingerprint density at radius 1 is 1.38 bits per heavy atom. The smallest absolute Gasteiger partial charge is 0.316 e. The lowest BCUT2D eigenvalue weighted by Crippen LogP contribution is -2.19. The first-order chi connectivity index (χ1) is 9.57. The predicted molar refractivity (Wildman–Crippen MR) is 77.4 cm³/mol. The maximum Gasteiger partial charge on any atom is 0.316 e. The van der Waals surface area contributed by atoms with Crippen molar-refractivity contribution in [2.75, 3.05) is 11.9 Å². The summed E-state index contributed by atoms with van der Waals surface area (Å²) in [6, 6.07) is 1.99. The van der Waals surface area contributed by atoms with E-state index in [1.54, 1.807) is 0 Å². The molecule has 4 nitrogen and oxygen atoms in total. The molecule has 8 heteroatoms. The van der Waals surface area contributed by atoms with Crippen LogP contribution in [0.25, 0.3) is 0 Å². The van der Waals surface area contributed by atoms with Crippen LogP contribution in [0, 0.1) is 11.3 Å². The van der Waals surface area contributed by atoms with Crippen molar-refractivity contribution in [2.45, 2.75) is 19.8 Å². The molecule has 116 valence electrons. The lowest BCUT2D eigenvalue weighted by atomic mass is 10.1. The average Bonchev–Trinajstić information content (AvgIpc) is 2.68. The number of hydrogen-bond acceptors (Lipinski definition) is 2. The van der Waals surface area contributed by atoms with E-state index < -0.39 is 23.3 Å². The van der Waals surface area contributed by atoms with Crippen molar-refractivity contribution in [1.29, 1.82) is 0 Å². The number of carbonyl (C=O) groups is 1. The number of hydrogen-bond donors (Lipinski definition) is 2. The first kappa shape index (κ1) is 16.1. The van der Waals surface area contributed by atoms with Crippen LogP contribution in [0.1, 0.15) is 13.8 Å². The Morgan fingerprint density at radius 2 is 1.86 bits per heavy atom. The van der Waals surface area contributed by atoms with E-state index in [0.717, 1.165) is 0 Å². The third-order valence-corrected chi connectivity index (χ3v) is 4.31. The molecule has 1 aliphatic carbocycles. The fourth-order valence-corrected chi connectivity index (χ4v) is 2.75. The van der Waals surface area contributed by atoms with Crippen LogP contribution in [0.3, 0.4) is 0 Å². The molecule has 0 spiro atoms. The number of urea groups is 1. The van der Waals surface area contributed by atoms with Gasteiger partial charge in [0.05, 0.1) is 22.6 Å². The second-order valence-electron chi connectivity index (χ2n) is 5.47. The van der Waals surface area contributed by atoms with E-state index in [1.807, 2.05) is 0 Å². The Hall–Kier alpha value is -1.27. The zero-order chi connectivity index (χ0) is 16.0. The fraction of sp³-hybridized carbons (Fsp3) is 0.462. The van der Waals surface area contributed by atoms with Crippen LogP contribution in [0.4, 0.5) is 19.3 Å². The van der Waals surface area contributed by atoms with Crippen molar-refractivity contribution in [3.05, 3.63) is 22.2 Å². The molecular formula is C13H14Cl2F2N2O2. The van der Waals surface area contributed by atoms with E-state index in [0.29, 0.717) is 5.69 Å². The zero-order valence-electron chi connectivity index (χ0n) is 11.3. The molecule has 1 saturated carbocycles. The van der Waals surface area contributed by atoms with Gasteiger partial charge in [0.25, 0.3) is 5.92 Å². The maximum atomic E-state index is 13.5. The van der Waals surface area contributed by atoms with E-state index in [-0.39, 0.29) is 22.4 Å². The van der Waals surface area contributed by atoms with Crippen molar-refractivity contribution >= 4 is 34.9 Å². The normalized spacial score (nSPS) is 21.7. The third kappa shape index (κ3) is 2.87. The highest BCUT2D eigenvalue weighted by molar-refractivity contribution is 6.37. The summed E-state index contributed by atoms with van der Waals surface area (Å²) in [5, 5.41) is 2.52. The number of anilines is 1.